The van der Waals surface area contributed by atoms with Gasteiger partial charge in [-0.15, -0.1) is 0 Å². The van der Waals surface area contributed by atoms with E-state index < -0.39 is 0 Å². The van der Waals surface area contributed by atoms with Crippen LogP contribution in [0.3, 0.4) is 0 Å². The van der Waals surface area contributed by atoms with Crippen molar-refractivity contribution in [1.82, 2.24) is 9.80 Å². The standard InChI is InChI=1S/C28H36N2O/c31-28(29-19-10-2-5-17-26(29)24-14-3-1-4-15-24)30-20-18-23-13-8-9-16-25(23)27(30)21-22-11-6-7-12-22/h1,3-4,8-9,13-16,22,26-27H,2,5-7,10-12,17-21H2. The van der Waals surface area contributed by atoms with Crippen molar-refractivity contribution in [3.05, 3.63) is 71.3 Å². The average Bonchev–Trinajstić information content (AvgIpc) is 3.21. The first kappa shape index (κ1) is 20.6. The minimum Gasteiger partial charge on any atom is -0.318 e. The molecule has 1 saturated carbocycles. The molecule has 3 heteroatoms. The Morgan fingerprint density at radius 2 is 1.52 bits per heavy atom. The Kier molecular flexibility index (Phi) is 6.29. The maximum Gasteiger partial charge on any atom is 0.321 e. The predicted octanol–water partition coefficient (Wildman–Crippen LogP) is 6.90. The molecule has 0 N–H and O–H groups in total. The summed E-state index contributed by atoms with van der Waals surface area (Å²) in [5.74, 6) is 0.764. The molecule has 1 saturated heterocycles. The van der Waals surface area contributed by atoms with Gasteiger partial charge in [0.15, 0.2) is 0 Å². The number of nitrogens with zero attached hydrogens (tertiary/aromatic N) is 2. The molecule has 2 atom stereocenters. The molecule has 0 bridgehead atoms. The van der Waals surface area contributed by atoms with Gasteiger partial charge in [0.2, 0.25) is 0 Å². The number of hydrogen-bond acceptors (Lipinski definition) is 1. The molecule has 0 aromatic heterocycles. The number of likely N-dealkylation sites (tertiary alicyclic amines) is 1. The largest absolute Gasteiger partial charge is 0.321 e. The van der Waals surface area contributed by atoms with Gasteiger partial charge in [-0.2, -0.15) is 0 Å². The molecule has 2 aromatic carbocycles. The zero-order chi connectivity index (χ0) is 21.0. The first-order valence-corrected chi connectivity index (χ1v) is 12.5. The van der Waals surface area contributed by atoms with Crippen LogP contribution in [0.5, 0.6) is 0 Å². The summed E-state index contributed by atoms with van der Waals surface area (Å²) >= 11 is 0. The molecule has 2 amide bonds. The van der Waals surface area contributed by atoms with Crippen LogP contribution >= 0.6 is 0 Å². The van der Waals surface area contributed by atoms with E-state index in [2.05, 4.69) is 64.4 Å². The van der Waals surface area contributed by atoms with Gasteiger partial charge in [-0.3, -0.25) is 0 Å². The maximum atomic E-state index is 14.1. The first-order valence-electron chi connectivity index (χ1n) is 12.5. The normalized spacial score (nSPS) is 24.6. The van der Waals surface area contributed by atoms with Gasteiger partial charge in [-0.1, -0.05) is 93.1 Å². The number of rotatable bonds is 3. The molecular formula is C28H36N2O. The van der Waals surface area contributed by atoms with E-state index in [1.807, 2.05) is 0 Å². The van der Waals surface area contributed by atoms with Crippen molar-refractivity contribution >= 4 is 6.03 Å². The van der Waals surface area contributed by atoms with E-state index in [1.165, 1.54) is 55.2 Å². The van der Waals surface area contributed by atoms with E-state index in [0.29, 0.717) is 0 Å². The summed E-state index contributed by atoms with van der Waals surface area (Å²) in [6, 6.07) is 20.3. The van der Waals surface area contributed by atoms with Crippen LogP contribution in [0, 0.1) is 5.92 Å². The van der Waals surface area contributed by atoms with Crippen molar-refractivity contribution in [2.24, 2.45) is 5.92 Å². The van der Waals surface area contributed by atoms with Crippen LogP contribution in [-0.2, 0) is 6.42 Å². The summed E-state index contributed by atoms with van der Waals surface area (Å²) in [6.45, 7) is 1.73. The summed E-state index contributed by atoms with van der Waals surface area (Å²) in [7, 11) is 0. The van der Waals surface area contributed by atoms with Gasteiger partial charge in [0, 0.05) is 13.1 Å². The second-order valence-electron chi connectivity index (χ2n) is 9.80. The number of hydrogen-bond donors (Lipinski definition) is 0. The molecule has 1 aliphatic carbocycles. The minimum atomic E-state index is 0.209. The second kappa shape index (κ2) is 9.46. The highest BCUT2D eigenvalue weighted by Gasteiger charge is 2.37. The Labute approximate surface area is 187 Å². The molecule has 2 fully saturated rings. The molecule has 2 unspecified atom stereocenters. The number of urea groups is 1. The Morgan fingerprint density at radius 3 is 2.35 bits per heavy atom. The molecular weight excluding hydrogens is 380 g/mol. The molecule has 5 rings (SSSR count). The van der Waals surface area contributed by atoms with Crippen molar-refractivity contribution in [2.45, 2.75) is 76.3 Å². The summed E-state index contributed by atoms with van der Waals surface area (Å²) < 4.78 is 0. The summed E-state index contributed by atoms with van der Waals surface area (Å²) in [5.41, 5.74) is 4.15. The topological polar surface area (TPSA) is 23.6 Å². The van der Waals surface area contributed by atoms with Crippen molar-refractivity contribution < 1.29 is 4.79 Å². The molecule has 0 radical (unpaired) electrons. The van der Waals surface area contributed by atoms with Crippen LogP contribution in [0.1, 0.15) is 86.6 Å². The van der Waals surface area contributed by atoms with E-state index in [1.54, 1.807) is 0 Å². The molecule has 164 valence electrons. The number of amides is 2. The van der Waals surface area contributed by atoms with Crippen LogP contribution in [0.25, 0.3) is 0 Å². The summed E-state index contributed by atoms with van der Waals surface area (Å²) in [5, 5.41) is 0. The van der Waals surface area contributed by atoms with Crippen molar-refractivity contribution in [3.63, 3.8) is 0 Å². The Bertz CT molecular complexity index is 874. The molecule has 2 heterocycles. The molecule has 0 spiro atoms. The number of carbonyl (C=O) groups excluding carboxylic acids is 1. The predicted molar refractivity (Wildman–Crippen MR) is 126 cm³/mol. The zero-order valence-corrected chi connectivity index (χ0v) is 18.7. The van der Waals surface area contributed by atoms with Gasteiger partial charge in [0.25, 0.3) is 0 Å². The van der Waals surface area contributed by atoms with Crippen LogP contribution in [-0.4, -0.2) is 28.9 Å². The van der Waals surface area contributed by atoms with Gasteiger partial charge in [0.1, 0.15) is 0 Å². The van der Waals surface area contributed by atoms with Gasteiger partial charge >= 0.3 is 6.03 Å². The number of fused-ring (bicyclic) bond motifs is 1. The van der Waals surface area contributed by atoms with Crippen LogP contribution in [0.4, 0.5) is 4.79 Å². The van der Waals surface area contributed by atoms with Crippen LogP contribution in [0.15, 0.2) is 54.6 Å². The molecule has 2 aromatic rings. The lowest BCUT2D eigenvalue weighted by atomic mass is 9.86. The Balaban J connectivity index is 1.45. The van der Waals surface area contributed by atoms with E-state index >= 15 is 0 Å². The Hall–Kier alpha value is -2.29. The van der Waals surface area contributed by atoms with Crippen molar-refractivity contribution in [3.8, 4) is 0 Å². The minimum absolute atomic E-state index is 0.209. The molecule has 2 aliphatic heterocycles. The van der Waals surface area contributed by atoms with Crippen LogP contribution in [0.2, 0.25) is 0 Å². The van der Waals surface area contributed by atoms with Gasteiger partial charge < -0.3 is 9.80 Å². The molecule has 3 aliphatic rings. The lowest BCUT2D eigenvalue weighted by Gasteiger charge is -2.43. The number of carbonyl (C=O) groups is 1. The van der Waals surface area contributed by atoms with Crippen LogP contribution < -0.4 is 0 Å². The SMILES string of the molecule is O=C(N1CCCCCC1c1ccccc1)N1CCc2ccccc2C1CC1CCCC1. The highest BCUT2D eigenvalue weighted by atomic mass is 16.2. The van der Waals surface area contributed by atoms with Gasteiger partial charge in [-0.25, -0.2) is 4.79 Å². The Morgan fingerprint density at radius 1 is 0.774 bits per heavy atom. The van der Waals surface area contributed by atoms with Crippen molar-refractivity contribution in [2.75, 3.05) is 13.1 Å². The van der Waals surface area contributed by atoms with E-state index in [-0.39, 0.29) is 18.1 Å². The third-order valence-electron chi connectivity index (χ3n) is 7.87. The fraction of sp³-hybridized carbons (Fsp3) is 0.536. The molecule has 31 heavy (non-hydrogen) atoms. The van der Waals surface area contributed by atoms with Gasteiger partial charge in [0.05, 0.1) is 12.1 Å². The second-order valence-corrected chi connectivity index (χ2v) is 9.80. The quantitative estimate of drug-likeness (QED) is 0.533. The highest BCUT2D eigenvalue weighted by Crippen LogP contribution is 2.41. The fourth-order valence-corrected chi connectivity index (χ4v) is 6.22. The van der Waals surface area contributed by atoms with Gasteiger partial charge in [-0.05, 0) is 48.3 Å². The fourth-order valence-electron chi connectivity index (χ4n) is 6.22. The first-order chi connectivity index (χ1) is 15.3. The van der Waals surface area contributed by atoms with Crippen molar-refractivity contribution in [1.29, 1.82) is 0 Å². The maximum absolute atomic E-state index is 14.1. The summed E-state index contributed by atoms with van der Waals surface area (Å²) in [4.78, 5) is 18.6. The monoisotopic (exact) mass is 416 g/mol. The average molecular weight is 417 g/mol. The third kappa shape index (κ3) is 4.37. The lowest BCUT2D eigenvalue weighted by Crippen LogP contribution is -2.49. The van der Waals surface area contributed by atoms with E-state index in [9.17, 15) is 4.79 Å². The number of benzene rings is 2. The van der Waals surface area contributed by atoms with E-state index in [4.69, 9.17) is 0 Å². The lowest BCUT2D eigenvalue weighted by molar-refractivity contribution is 0.105. The smallest absolute Gasteiger partial charge is 0.318 e. The van der Waals surface area contributed by atoms with E-state index in [0.717, 1.165) is 44.7 Å². The summed E-state index contributed by atoms with van der Waals surface area (Å²) in [6.07, 6.45) is 12.1. The highest BCUT2D eigenvalue weighted by molar-refractivity contribution is 5.76. The molecule has 3 nitrogen and oxygen atoms in total. The third-order valence-corrected chi connectivity index (χ3v) is 7.87. The zero-order valence-electron chi connectivity index (χ0n) is 18.7.